The van der Waals surface area contributed by atoms with E-state index in [0.717, 1.165) is 35.4 Å². The molecule has 1 aliphatic heterocycles. The third-order valence-corrected chi connectivity index (χ3v) is 5.73. The van der Waals surface area contributed by atoms with E-state index >= 15 is 0 Å². The Bertz CT molecular complexity index is 1010. The molecule has 2 N–H and O–H groups in total. The first-order chi connectivity index (χ1) is 13.0. The van der Waals surface area contributed by atoms with Crippen LogP contribution in [0.4, 0.5) is 0 Å². The molecule has 2 aromatic heterocycles. The molecule has 1 aromatic carbocycles. The number of nitrogens with zero attached hydrogens (tertiary/aromatic N) is 2. The first kappa shape index (κ1) is 17.5. The molecule has 0 bridgehead atoms. The van der Waals surface area contributed by atoms with Crippen molar-refractivity contribution in [3.8, 4) is 11.1 Å². The highest BCUT2D eigenvalue weighted by atomic mass is 32.1. The van der Waals surface area contributed by atoms with E-state index in [9.17, 15) is 9.59 Å². The Hall–Kier alpha value is -2.93. The Balaban J connectivity index is 1.61. The zero-order valence-electron chi connectivity index (χ0n) is 14.8. The van der Waals surface area contributed by atoms with Crippen molar-refractivity contribution < 1.29 is 14.1 Å². The summed E-state index contributed by atoms with van der Waals surface area (Å²) in [6.45, 7) is 2.55. The number of thiophene rings is 1. The molecule has 1 saturated heterocycles. The molecular formula is C20H19N3O3S. The van der Waals surface area contributed by atoms with E-state index in [-0.39, 0.29) is 11.9 Å². The van der Waals surface area contributed by atoms with Crippen molar-refractivity contribution in [1.29, 1.82) is 0 Å². The molecule has 4 rings (SSSR count). The summed E-state index contributed by atoms with van der Waals surface area (Å²) >= 11 is 1.30. The minimum atomic E-state index is -0.443. The monoisotopic (exact) mass is 381 g/mol. The Kier molecular flexibility index (Phi) is 4.53. The van der Waals surface area contributed by atoms with Gasteiger partial charge in [0, 0.05) is 18.2 Å². The van der Waals surface area contributed by atoms with Crippen LogP contribution in [0.25, 0.3) is 11.1 Å². The number of aromatic nitrogens is 1. The molecule has 7 heteroatoms. The quantitative estimate of drug-likeness (QED) is 0.744. The summed E-state index contributed by atoms with van der Waals surface area (Å²) in [5, 5.41) is 5.97. The predicted molar refractivity (Wildman–Crippen MR) is 103 cm³/mol. The SMILES string of the molecule is Cc1cc(C2CCCN2C(=O)c2cccc(-c3csc(C(N)=O)c3)c2)no1. The van der Waals surface area contributed by atoms with Crippen LogP contribution in [-0.2, 0) is 0 Å². The minimum Gasteiger partial charge on any atom is -0.365 e. The van der Waals surface area contributed by atoms with Crippen LogP contribution in [0.2, 0.25) is 0 Å². The van der Waals surface area contributed by atoms with Gasteiger partial charge < -0.3 is 15.2 Å². The van der Waals surface area contributed by atoms with Crippen molar-refractivity contribution in [2.75, 3.05) is 6.54 Å². The van der Waals surface area contributed by atoms with Crippen LogP contribution in [-0.4, -0.2) is 28.4 Å². The van der Waals surface area contributed by atoms with Crippen LogP contribution in [0.3, 0.4) is 0 Å². The summed E-state index contributed by atoms with van der Waals surface area (Å²) in [6, 6.07) is 11.1. The molecule has 1 unspecified atom stereocenters. The number of amides is 2. The van der Waals surface area contributed by atoms with E-state index in [1.807, 2.05) is 47.5 Å². The van der Waals surface area contributed by atoms with Crippen molar-refractivity contribution in [3.05, 3.63) is 63.7 Å². The number of aryl methyl sites for hydroxylation is 1. The predicted octanol–water partition coefficient (Wildman–Crippen LogP) is 3.79. The van der Waals surface area contributed by atoms with Gasteiger partial charge in [-0.25, -0.2) is 0 Å². The van der Waals surface area contributed by atoms with E-state index < -0.39 is 5.91 Å². The van der Waals surface area contributed by atoms with Crippen LogP contribution in [0, 0.1) is 6.92 Å². The number of likely N-dealkylation sites (tertiary alicyclic amines) is 1. The Morgan fingerprint density at radius 3 is 2.81 bits per heavy atom. The molecule has 6 nitrogen and oxygen atoms in total. The molecule has 2 amide bonds. The van der Waals surface area contributed by atoms with Gasteiger partial charge in [0.25, 0.3) is 11.8 Å². The summed E-state index contributed by atoms with van der Waals surface area (Å²) in [7, 11) is 0. The number of hydrogen-bond acceptors (Lipinski definition) is 5. The van der Waals surface area contributed by atoms with Crippen LogP contribution in [0.5, 0.6) is 0 Å². The van der Waals surface area contributed by atoms with Gasteiger partial charge in [0.2, 0.25) is 0 Å². The lowest BCUT2D eigenvalue weighted by molar-refractivity contribution is 0.0730. The lowest BCUT2D eigenvalue weighted by Crippen LogP contribution is -2.30. The molecule has 1 atom stereocenters. The van der Waals surface area contributed by atoms with E-state index in [4.69, 9.17) is 10.3 Å². The molecule has 1 fully saturated rings. The highest BCUT2D eigenvalue weighted by Crippen LogP contribution is 2.33. The van der Waals surface area contributed by atoms with Crippen molar-refractivity contribution in [1.82, 2.24) is 10.1 Å². The van der Waals surface area contributed by atoms with Gasteiger partial charge in [0.05, 0.1) is 10.9 Å². The normalized spacial score (nSPS) is 16.6. The van der Waals surface area contributed by atoms with E-state index in [1.54, 1.807) is 6.07 Å². The lowest BCUT2D eigenvalue weighted by Gasteiger charge is -2.23. The Morgan fingerprint density at radius 2 is 2.11 bits per heavy atom. The molecule has 0 aliphatic carbocycles. The van der Waals surface area contributed by atoms with Crippen molar-refractivity contribution >= 4 is 23.2 Å². The third kappa shape index (κ3) is 3.38. The van der Waals surface area contributed by atoms with Crippen molar-refractivity contribution in [2.24, 2.45) is 5.73 Å². The van der Waals surface area contributed by atoms with Crippen LogP contribution < -0.4 is 5.73 Å². The molecule has 1 aliphatic rings. The summed E-state index contributed by atoms with van der Waals surface area (Å²) < 4.78 is 5.18. The van der Waals surface area contributed by atoms with Gasteiger partial charge in [-0.2, -0.15) is 0 Å². The second kappa shape index (κ2) is 7.00. The van der Waals surface area contributed by atoms with Gasteiger partial charge >= 0.3 is 0 Å². The highest BCUT2D eigenvalue weighted by Gasteiger charge is 2.32. The van der Waals surface area contributed by atoms with Gasteiger partial charge in [-0.3, -0.25) is 9.59 Å². The molecule has 3 aromatic rings. The maximum absolute atomic E-state index is 13.1. The number of rotatable bonds is 4. The second-order valence-electron chi connectivity index (χ2n) is 6.66. The third-order valence-electron chi connectivity index (χ3n) is 4.79. The smallest absolute Gasteiger partial charge is 0.258 e. The summed E-state index contributed by atoms with van der Waals surface area (Å²) in [5.41, 5.74) is 8.53. The molecule has 0 spiro atoms. The highest BCUT2D eigenvalue weighted by molar-refractivity contribution is 7.12. The molecule has 0 radical (unpaired) electrons. The average molecular weight is 381 g/mol. The number of benzene rings is 1. The summed E-state index contributed by atoms with van der Waals surface area (Å²) in [4.78, 5) is 26.8. The van der Waals surface area contributed by atoms with Crippen LogP contribution >= 0.6 is 11.3 Å². The fourth-order valence-corrected chi connectivity index (χ4v) is 4.24. The van der Waals surface area contributed by atoms with Gasteiger partial charge in [0.15, 0.2) is 0 Å². The molecule has 3 heterocycles. The maximum Gasteiger partial charge on any atom is 0.258 e. The topological polar surface area (TPSA) is 89.4 Å². The first-order valence-corrected chi connectivity index (χ1v) is 9.64. The van der Waals surface area contributed by atoms with Crippen molar-refractivity contribution in [2.45, 2.75) is 25.8 Å². The molecular weight excluding hydrogens is 362 g/mol. The molecule has 27 heavy (non-hydrogen) atoms. The van der Waals surface area contributed by atoms with E-state index in [2.05, 4.69) is 5.16 Å². The van der Waals surface area contributed by atoms with Gasteiger partial charge in [0.1, 0.15) is 11.5 Å². The van der Waals surface area contributed by atoms with Gasteiger partial charge in [-0.1, -0.05) is 17.3 Å². The van der Waals surface area contributed by atoms with Crippen molar-refractivity contribution in [3.63, 3.8) is 0 Å². The van der Waals surface area contributed by atoms with E-state index in [0.29, 0.717) is 17.0 Å². The zero-order valence-corrected chi connectivity index (χ0v) is 15.7. The van der Waals surface area contributed by atoms with Crippen LogP contribution in [0.15, 0.2) is 46.3 Å². The zero-order chi connectivity index (χ0) is 19.0. The van der Waals surface area contributed by atoms with E-state index in [1.165, 1.54) is 11.3 Å². The molecule has 138 valence electrons. The van der Waals surface area contributed by atoms with Gasteiger partial charge in [-0.05, 0) is 54.5 Å². The largest absolute Gasteiger partial charge is 0.365 e. The average Bonchev–Trinajstić information content (AvgIpc) is 3.41. The van der Waals surface area contributed by atoms with Gasteiger partial charge in [-0.15, -0.1) is 11.3 Å². The standard InChI is InChI=1S/C20H19N3O3S/c1-12-8-16(22-26-12)17-6-3-7-23(17)20(25)14-5-2-4-13(9-14)15-10-18(19(21)24)27-11-15/h2,4-5,8-11,17H,3,6-7H2,1H3,(H2,21,24). The number of primary amides is 1. The number of nitrogens with two attached hydrogens (primary N) is 1. The fraction of sp³-hybridized carbons (Fsp3) is 0.250. The fourth-order valence-electron chi connectivity index (χ4n) is 3.47. The number of carbonyl (C=O) groups is 2. The second-order valence-corrected chi connectivity index (χ2v) is 7.57. The molecule has 0 saturated carbocycles. The van der Waals surface area contributed by atoms with Crippen LogP contribution in [0.1, 0.15) is 50.4 Å². The minimum absolute atomic E-state index is 0.0228. The first-order valence-electron chi connectivity index (χ1n) is 8.76. The number of hydrogen-bond donors (Lipinski definition) is 1. The summed E-state index contributed by atoms with van der Waals surface area (Å²) in [6.07, 6.45) is 1.82. The summed E-state index contributed by atoms with van der Waals surface area (Å²) in [5.74, 6) is 0.278. The lowest BCUT2D eigenvalue weighted by atomic mass is 10.0. The maximum atomic E-state index is 13.1. The Morgan fingerprint density at radius 1 is 1.26 bits per heavy atom. The Labute approximate surface area is 160 Å². The number of carbonyl (C=O) groups excluding carboxylic acids is 2.